The molecule has 0 saturated carbocycles. The van der Waals surface area contributed by atoms with Crippen molar-refractivity contribution in [2.45, 2.75) is 19.9 Å². The van der Waals surface area contributed by atoms with Crippen molar-refractivity contribution in [2.75, 3.05) is 19.5 Å². The van der Waals surface area contributed by atoms with Crippen molar-refractivity contribution in [3.05, 3.63) is 46.5 Å². The molecule has 0 aliphatic rings. The second-order valence-electron chi connectivity index (χ2n) is 4.97. The van der Waals surface area contributed by atoms with E-state index < -0.39 is 0 Å². The molecule has 4 nitrogen and oxygen atoms in total. The lowest BCUT2D eigenvalue weighted by molar-refractivity contribution is 0.321. The lowest BCUT2D eigenvalue weighted by Gasteiger charge is -2.20. The third-order valence-electron chi connectivity index (χ3n) is 3.16. The van der Waals surface area contributed by atoms with Gasteiger partial charge in [-0.3, -0.25) is 5.43 Å². The zero-order valence-electron chi connectivity index (χ0n) is 12.3. The molecule has 2 rings (SSSR count). The fraction of sp³-hybridized carbons (Fsp3) is 0.333. The maximum absolute atomic E-state index is 4.30. The van der Waals surface area contributed by atoms with E-state index in [1.807, 2.05) is 24.6 Å². The monoisotopic (exact) mass is 288 g/mol. The first kappa shape index (κ1) is 14.7. The summed E-state index contributed by atoms with van der Waals surface area (Å²) >= 11 is 1.55. The molecule has 1 atom stereocenters. The van der Waals surface area contributed by atoms with E-state index in [1.54, 1.807) is 11.3 Å². The van der Waals surface area contributed by atoms with Gasteiger partial charge in [-0.2, -0.15) is 5.10 Å². The molecule has 106 valence electrons. The highest BCUT2D eigenvalue weighted by Crippen LogP contribution is 2.18. The molecule has 20 heavy (non-hydrogen) atoms. The molecule has 5 heteroatoms. The Morgan fingerprint density at radius 1 is 1.40 bits per heavy atom. The number of nitrogens with zero attached hydrogens (tertiary/aromatic N) is 3. The zero-order valence-corrected chi connectivity index (χ0v) is 13.1. The second-order valence-corrected chi connectivity index (χ2v) is 5.83. The number of aromatic nitrogens is 1. The first-order chi connectivity index (χ1) is 9.56. The number of hydrogen-bond acceptors (Lipinski definition) is 5. The minimum Gasteiger partial charge on any atom is -0.303 e. The largest absolute Gasteiger partial charge is 0.303 e. The summed E-state index contributed by atoms with van der Waals surface area (Å²) in [5.74, 6) is 0. The second kappa shape index (κ2) is 6.63. The van der Waals surface area contributed by atoms with Gasteiger partial charge in [0.25, 0.3) is 0 Å². The number of benzene rings is 1. The number of aryl methyl sites for hydroxylation is 1. The Morgan fingerprint density at radius 2 is 2.20 bits per heavy atom. The number of hydrazone groups is 1. The Hall–Kier alpha value is -1.72. The van der Waals surface area contributed by atoms with Gasteiger partial charge in [-0.1, -0.05) is 18.2 Å². The number of nitrogens with one attached hydrogen (secondary N) is 1. The number of anilines is 1. The van der Waals surface area contributed by atoms with Crippen molar-refractivity contribution >= 4 is 22.7 Å². The predicted molar refractivity (Wildman–Crippen MR) is 86.6 cm³/mol. The third-order valence-corrected chi connectivity index (χ3v) is 4.03. The van der Waals surface area contributed by atoms with Gasteiger partial charge in [0.15, 0.2) is 0 Å². The lowest BCUT2D eigenvalue weighted by Crippen LogP contribution is -2.16. The minimum atomic E-state index is 0.387. The standard InChI is InChI=1S/C15H20N4S/c1-11-10-20-15(17-11)18-16-9-13-6-5-7-14(8-13)12(2)19(3)4/h5-10,12H,1-4H3,(H,17,18). The highest BCUT2D eigenvalue weighted by atomic mass is 32.1. The molecule has 0 bridgehead atoms. The van der Waals surface area contributed by atoms with E-state index in [2.05, 4.69) is 59.6 Å². The molecule has 1 N–H and O–H groups in total. The van der Waals surface area contributed by atoms with Crippen molar-refractivity contribution in [2.24, 2.45) is 5.10 Å². The van der Waals surface area contributed by atoms with Crippen LogP contribution in [0, 0.1) is 6.92 Å². The van der Waals surface area contributed by atoms with Crippen molar-refractivity contribution in [3.8, 4) is 0 Å². The Bertz CT molecular complexity index is 589. The Balaban J connectivity index is 2.04. The number of rotatable bonds is 5. The van der Waals surface area contributed by atoms with Crippen LogP contribution in [0.3, 0.4) is 0 Å². The molecule has 1 aromatic carbocycles. The van der Waals surface area contributed by atoms with Crippen LogP contribution in [0.2, 0.25) is 0 Å². The highest BCUT2D eigenvalue weighted by molar-refractivity contribution is 7.13. The van der Waals surface area contributed by atoms with Crippen molar-refractivity contribution in [1.29, 1.82) is 0 Å². The van der Waals surface area contributed by atoms with E-state index >= 15 is 0 Å². The van der Waals surface area contributed by atoms with Gasteiger partial charge in [-0.25, -0.2) is 4.98 Å². The molecule has 2 aromatic rings. The summed E-state index contributed by atoms with van der Waals surface area (Å²) in [6, 6.07) is 8.79. The number of thiazole rings is 1. The molecular weight excluding hydrogens is 268 g/mol. The maximum atomic E-state index is 4.30. The van der Waals surface area contributed by atoms with E-state index in [-0.39, 0.29) is 0 Å². The van der Waals surface area contributed by atoms with Crippen LogP contribution >= 0.6 is 11.3 Å². The van der Waals surface area contributed by atoms with Gasteiger partial charge in [0, 0.05) is 11.4 Å². The molecule has 0 aliphatic carbocycles. The van der Waals surface area contributed by atoms with Crippen LogP contribution in [0.1, 0.15) is 29.8 Å². The summed E-state index contributed by atoms with van der Waals surface area (Å²) in [7, 11) is 4.16. The van der Waals surface area contributed by atoms with Gasteiger partial charge in [-0.15, -0.1) is 11.3 Å². The van der Waals surface area contributed by atoms with Gasteiger partial charge in [-0.05, 0) is 45.1 Å². The fourth-order valence-electron chi connectivity index (χ4n) is 1.76. The Kier molecular flexibility index (Phi) is 4.87. The van der Waals surface area contributed by atoms with E-state index in [1.165, 1.54) is 5.56 Å². The molecular formula is C15H20N4S. The Labute approximate surface area is 124 Å². The highest BCUT2D eigenvalue weighted by Gasteiger charge is 2.07. The van der Waals surface area contributed by atoms with Crippen LogP contribution in [-0.2, 0) is 0 Å². The summed E-state index contributed by atoms with van der Waals surface area (Å²) in [4.78, 5) is 6.49. The first-order valence-corrected chi connectivity index (χ1v) is 7.42. The van der Waals surface area contributed by atoms with Crippen LogP contribution in [0.5, 0.6) is 0 Å². The molecule has 0 amide bonds. The average molecular weight is 288 g/mol. The van der Waals surface area contributed by atoms with Crippen LogP contribution in [0.15, 0.2) is 34.7 Å². The zero-order chi connectivity index (χ0) is 14.5. The fourth-order valence-corrected chi connectivity index (χ4v) is 2.40. The Morgan fingerprint density at radius 3 is 2.85 bits per heavy atom. The summed E-state index contributed by atoms with van der Waals surface area (Å²) in [5.41, 5.74) is 6.32. The molecule has 0 radical (unpaired) electrons. The van der Waals surface area contributed by atoms with Crippen molar-refractivity contribution < 1.29 is 0 Å². The molecule has 1 unspecified atom stereocenters. The van der Waals surface area contributed by atoms with Crippen LogP contribution in [-0.4, -0.2) is 30.2 Å². The van der Waals surface area contributed by atoms with Crippen LogP contribution < -0.4 is 5.43 Å². The molecule has 0 aliphatic heterocycles. The normalized spacial score (nSPS) is 13.1. The molecule has 0 spiro atoms. The predicted octanol–water partition coefficient (Wildman–Crippen LogP) is 3.52. The van der Waals surface area contributed by atoms with Gasteiger partial charge in [0.1, 0.15) is 0 Å². The van der Waals surface area contributed by atoms with Gasteiger partial charge < -0.3 is 4.90 Å². The van der Waals surface area contributed by atoms with Gasteiger partial charge in [0.05, 0.1) is 11.9 Å². The summed E-state index contributed by atoms with van der Waals surface area (Å²) in [6.45, 7) is 4.16. The van der Waals surface area contributed by atoms with Gasteiger partial charge >= 0.3 is 0 Å². The molecule has 0 fully saturated rings. The average Bonchev–Trinajstić information content (AvgIpc) is 2.84. The van der Waals surface area contributed by atoms with Crippen LogP contribution in [0.4, 0.5) is 5.13 Å². The SMILES string of the molecule is Cc1csc(NN=Cc2cccc(C(C)N(C)C)c2)n1. The summed E-state index contributed by atoms with van der Waals surface area (Å²) in [5, 5.41) is 7.04. The lowest BCUT2D eigenvalue weighted by atomic mass is 10.1. The van der Waals surface area contributed by atoms with E-state index in [9.17, 15) is 0 Å². The smallest absolute Gasteiger partial charge is 0.203 e. The molecule has 1 aromatic heterocycles. The quantitative estimate of drug-likeness (QED) is 0.676. The minimum absolute atomic E-state index is 0.387. The number of hydrogen-bond donors (Lipinski definition) is 1. The third kappa shape index (κ3) is 3.88. The van der Waals surface area contributed by atoms with E-state index in [4.69, 9.17) is 0 Å². The summed E-state index contributed by atoms with van der Waals surface area (Å²) in [6.07, 6.45) is 1.82. The van der Waals surface area contributed by atoms with E-state index in [0.29, 0.717) is 6.04 Å². The van der Waals surface area contributed by atoms with E-state index in [0.717, 1.165) is 16.4 Å². The molecule has 1 heterocycles. The molecule has 0 saturated heterocycles. The summed E-state index contributed by atoms with van der Waals surface area (Å²) < 4.78 is 0. The van der Waals surface area contributed by atoms with Crippen molar-refractivity contribution in [3.63, 3.8) is 0 Å². The first-order valence-electron chi connectivity index (χ1n) is 6.54. The van der Waals surface area contributed by atoms with Crippen LogP contribution in [0.25, 0.3) is 0 Å². The topological polar surface area (TPSA) is 40.5 Å². The van der Waals surface area contributed by atoms with Gasteiger partial charge in [0.2, 0.25) is 5.13 Å². The van der Waals surface area contributed by atoms with Crippen molar-refractivity contribution in [1.82, 2.24) is 9.88 Å². The maximum Gasteiger partial charge on any atom is 0.203 e.